The summed E-state index contributed by atoms with van der Waals surface area (Å²) in [6, 6.07) is 0.579. The quantitative estimate of drug-likeness (QED) is 0.792. The van der Waals surface area contributed by atoms with Gasteiger partial charge in [-0.3, -0.25) is 4.90 Å². The number of aliphatic hydroxyl groups excluding tert-OH is 1. The first kappa shape index (κ1) is 15.2. The standard InChI is InChI=1S/C15H30N2O2/c1-4-7-16-15(11-18)6-5-13(10-15)17-8-9-19-12-14(17,2)3/h13,16,18H,4-12H2,1-3H3. The maximum absolute atomic E-state index is 9.78. The van der Waals surface area contributed by atoms with E-state index in [1.807, 2.05) is 0 Å². The molecule has 112 valence electrons. The first-order valence-corrected chi connectivity index (χ1v) is 7.73. The van der Waals surface area contributed by atoms with Crippen LogP contribution in [0.2, 0.25) is 0 Å². The highest BCUT2D eigenvalue weighted by Gasteiger charge is 2.44. The van der Waals surface area contributed by atoms with Crippen LogP contribution in [0.4, 0.5) is 0 Å². The number of nitrogens with one attached hydrogen (secondary N) is 1. The number of ether oxygens (including phenoxy) is 1. The average Bonchev–Trinajstić information content (AvgIpc) is 2.81. The van der Waals surface area contributed by atoms with E-state index in [9.17, 15) is 5.11 Å². The second-order valence-corrected chi connectivity index (χ2v) is 6.82. The van der Waals surface area contributed by atoms with Crippen LogP contribution in [0.3, 0.4) is 0 Å². The molecule has 2 N–H and O–H groups in total. The van der Waals surface area contributed by atoms with Crippen molar-refractivity contribution in [2.24, 2.45) is 0 Å². The van der Waals surface area contributed by atoms with Crippen LogP contribution in [0.15, 0.2) is 0 Å². The van der Waals surface area contributed by atoms with E-state index in [1.165, 1.54) is 6.42 Å². The number of hydrogen-bond acceptors (Lipinski definition) is 4. The van der Waals surface area contributed by atoms with Gasteiger partial charge in [0.15, 0.2) is 0 Å². The van der Waals surface area contributed by atoms with E-state index < -0.39 is 0 Å². The van der Waals surface area contributed by atoms with Gasteiger partial charge in [0.25, 0.3) is 0 Å². The van der Waals surface area contributed by atoms with E-state index in [-0.39, 0.29) is 17.7 Å². The zero-order chi connectivity index (χ0) is 13.9. The Labute approximate surface area is 117 Å². The molecule has 0 amide bonds. The van der Waals surface area contributed by atoms with E-state index in [0.29, 0.717) is 6.04 Å². The molecule has 1 heterocycles. The fourth-order valence-electron chi connectivity index (χ4n) is 3.66. The van der Waals surface area contributed by atoms with Crippen molar-refractivity contribution in [1.29, 1.82) is 0 Å². The van der Waals surface area contributed by atoms with Crippen LogP contribution in [0.5, 0.6) is 0 Å². The minimum Gasteiger partial charge on any atom is -0.394 e. The number of nitrogens with zero attached hydrogens (tertiary/aromatic N) is 1. The average molecular weight is 270 g/mol. The summed E-state index contributed by atoms with van der Waals surface area (Å²) in [5.41, 5.74) is 0.0776. The molecule has 2 fully saturated rings. The summed E-state index contributed by atoms with van der Waals surface area (Å²) in [7, 11) is 0. The van der Waals surface area contributed by atoms with Crippen molar-refractivity contribution in [3.63, 3.8) is 0 Å². The molecule has 0 aromatic heterocycles. The molecule has 1 saturated carbocycles. The van der Waals surface area contributed by atoms with Crippen LogP contribution in [-0.2, 0) is 4.74 Å². The van der Waals surface area contributed by atoms with Crippen LogP contribution in [0.1, 0.15) is 46.5 Å². The molecule has 0 aromatic carbocycles. The van der Waals surface area contributed by atoms with Gasteiger partial charge in [-0.05, 0) is 46.1 Å². The zero-order valence-electron chi connectivity index (χ0n) is 12.7. The topological polar surface area (TPSA) is 44.7 Å². The first-order chi connectivity index (χ1) is 9.03. The molecule has 0 bridgehead atoms. The maximum Gasteiger partial charge on any atom is 0.0645 e. The van der Waals surface area contributed by atoms with Gasteiger partial charge in [0.2, 0.25) is 0 Å². The van der Waals surface area contributed by atoms with E-state index in [0.717, 1.165) is 45.6 Å². The van der Waals surface area contributed by atoms with Gasteiger partial charge < -0.3 is 15.2 Å². The van der Waals surface area contributed by atoms with Crippen molar-refractivity contribution in [1.82, 2.24) is 10.2 Å². The fraction of sp³-hybridized carbons (Fsp3) is 1.00. The van der Waals surface area contributed by atoms with Crippen molar-refractivity contribution in [2.45, 2.75) is 63.6 Å². The summed E-state index contributed by atoms with van der Waals surface area (Å²) < 4.78 is 5.61. The Morgan fingerprint density at radius 1 is 1.42 bits per heavy atom. The van der Waals surface area contributed by atoms with Crippen LogP contribution in [0.25, 0.3) is 0 Å². The van der Waals surface area contributed by atoms with Gasteiger partial charge >= 0.3 is 0 Å². The number of rotatable bonds is 5. The number of aliphatic hydroxyl groups is 1. The summed E-state index contributed by atoms with van der Waals surface area (Å²) in [5, 5.41) is 13.4. The molecule has 1 aliphatic heterocycles. The smallest absolute Gasteiger partial charge is 0.0645 e. The third kappa shape index (κ3) is 3.30. The molecule has 4 heteroatoms. The SMILES string of the molecule is CCCNC1(CO)CCC(N2CCOCC2(C)C)C1. The van der Waals surface area contributed by atoms with Crippen LogP contribution < -0.4 is 5.32 Å². The van der Waals surface area contributed by atoms with Gasteiger partial charge in [-0.1, -0.05) is 6.92 Å². The van der Waals surface area contributed by atoms with Crippen LogP contribution in [-0.4, -0.2) is 60.0 Å². The largest absolute Gasteiger partial charge is 0.394 e. The highest BCUT2D eigenvalue weighted by molar-refractivity contribution is 5.02. The molecule has 2 aliphatic rings. The molecule has 1 aliphatic carbocycles. The van der Waals surface area contributed by atoms with Gasteiger partial charge in [0.05, 0.1) is 19.8 Å². The first-order valence-electron chi connectivity index (χ1n) is 7.73. The number of morpholine rings is 1. The zero-order valence-corrected chi connectivity index (χ0v) is 12.7. The van der Waals surface area contributed by atoms with Crippen molar-refractivity contribution < 1.29 is 9.84 Å². The predicted octanol–water partition coefficient (Wildman–Crippen LogP) is 1.38. The molecule has 4 nitrogen and oxygen atoms in total. The summed E-state index contributed by atoms with van der Waals surface area (Å²) in [5.74, 6) is 0. The van der Waals surface area contributed by atoms with Crippen LogP contribution in [0, 0.1) is 0 Å². The lowest BCUT2D eigenvalue weighted by Gasteiger charge is -2.46. The molecule has 0 spiro atoms. The highest BCUT2D eigenvalue weighted by atomic mass is 16.5. The molecular formula is C15H30N2O2. The summed E-state index contributed by atoms with van der Waals surface area (Å²) in [6.45, 7) is 10.7. The Kier molecular flexibility index (Phi) is 4.88. The molecule has 2 unspecified atom stereocenters. The molecule has 2 rings (SSSR count). The van der Waals surface area contributed by atoms with Crippen molar-refractivity contribution >= 4 is 0 Å². The molecule has 1 saturated heterocycles. The summed E-state index contributed by atoms with van der Waals surface area (Å²) in [4.78, 5) is 2.60. The molecule has 0 aromatic rings. The molecule has 0 radical (unpaired) electrons. The molecule has 19 heavy (non-hydrogen) atoms. The van der Waals surface area contributed by atoms with E-state index in [1.54, 1.807) is 0 Å². The summed E-state index contributed by atoms with van der Waals surface area (Å²) >= 11 is 0. The lowest BCUT2D eigenvalue weighted by molar-refractivity contribution is -0.0722. The molecular weight excluding hydrogens is 240 g/mol. The van der Waals surface area contributed by atoms with Crippen LogP contribution >= 0.6 is 0 Å². The Hall–Kier alpha value is -0.160. The van der Waals surface area contributed by atoms with Crippen molar-refractivity contribution in [2.75, 3.05) is 32.9 Å². The van der Waals surface area contributed by atoms with Crippen molar-refractivity contribution in [3.05, 3.63) is 0 Å². The third-order valence-corrected chi connectivity index (χ3v) is 4.79. The predicted molar refractivity (Wildman–Crippen MR) is 77.4 cm³/mol. The summed E-state index contributed by atoms with van der Waals surface area (Å²) in [6.07, 6.45) is 4.45. The fourth-order valence-corrected chi connectivity index (χ4v) is 3.66. The monoisotopic (exact) mass is 270 g/mol. The Balaban J connectivity index is 1.99. The lowest BCUT2D eigenvalue weighted by atomic mass is 9.95. The Morgan fingerprint density at radius 2 is 2.21 bits per heavy atom. The second kappa shape index (κ2) is 6.08. The van der Waals surface area contributed by atoms with E-state index >= 15 is 0 Å². The lowest BCUT2D eigenvalue weighted by Crippen LogP contribution is -2.57. The Morgan fingerprint density at radius 3 is 2.84 bits per heavy atom. The van der Waals surface area contributed by atoms with Gasteiger partial charge in [-0.25, -0.2) is 0 Å². The normalized spacial score (nSPS) is 35.7. The third-order valence-electron chi connectivity index (χ3n) is 4.79. The molecule has 2 atom stereocenters. The van der Waals surface area contributed by atoms with Gasteiger partial charge in [-0.15, -0.1) is 0 Å². The Bertz CT molecular complexity index is 296. The van der Waals surface area contributed by atoms with Gasteiger partial charge in [0.1, 0.15) is 0 Å². The van der Waals surface area contributed by atoms with Crippen molar-refractivity contribution in [3.8, 4) is 0 Å². The minimum absolute atomic E-state index is 0.0466. The highest BCUT2D eigenvalue weighted by Crippen LogP contribution is 2.36. The van der Waals surface area contributed by atoms with Gasteiger partial charge in [0, 0.05) is 23.7 Å². The van der Waals surface area contributed by atoms with Gasteiger partial charge in [-0.2, -0.15) is 0 Å². The van der Waals surface area contributed by atoms with E-state index in [4.69, 9.17) is 4.74 Å². The second-order valence-electron chi connectivity index (χ2n) is 6.82. The number of hydrogen-bond donors (Lipinski definition) is 2. The maximum atomic E-state index is 9.78. The minimum atomic E-state index is -0.0466. The van der Waals surface area contributed by atoms with E-state index in [2.05, 4.69) is 31.0 Å².